The van der Waals surface area contributed by atoms with E-state index in [1.165, 1.54) is 0 Å². The summed E-state index contributed by atoms with van der Waals surface area (Å²) in [6.45, 7) is 2.70. The Balaban J connectivity index is 1.90. The minimum Gasteiger partial charge on any atom is -0.331 e. The highest BCUT2D eigenvalue weighted by atomic mass is 16.2. The van der Waals surface area contributed by atoms with E-state index in [0.717, 1.165) is 0 Å². The van der Waals surface area contributed by atoms with E-state index in [1.54, 1.807) is 35.2 Å². The Morgan fingerprint density at radius 1 is 1.09 bits per heavy atom. The van der Waals surface area contributed by atoms with Crippen LogP contribution in [0.2, 0.25) is 0 Å². The van der Waals surface area contributed by atoms with E-state index >= 15 is 0 Å². The molecule has 0 bridgehead atoms. The molecule has 1 N–H and O–H groups in total. The van der Waals surface area contributed by atoms with E-state index in [-0.39, 0.29) is 18.0 Å². The summed E-state index contributed by atoms with van der Waals surface area (Å²) in [6, 6.07) is 16.3. The maximum absolute atomic E-state index is 12.5. The molecule has 5 heteroatoms. The SMILES string of the molecule is CCN(Cc1nc2ccccc2c(=O)[nH]1)C(=O)c1ccccc1. The first-order valence-corrected chi connectivity index (χ1v) is 7.51. The number of hydrogen-bond acceptors (Lipinski definition) is 3. The van der Waals surface area contributed by atoms with Crippen LogP contribution in [0, 0.1) is 0 Å². The van der Waals surface area contributed by atoms with Gasteiger partial charge in [-0.25, -0.2) is 4.98 Å². The lowest BCUT2D eigenvalue weighted by molar-refractivity contribution is 0.0748. The lowest BCUT2D eigenvalue weighted by atomic mass is 10.2. The Hall–Kier alpha value is -2.95. The summed E-state index contributed by atoms with van der Waals surface area (Å²) in [5.74, 6) is 0.406. The lowest BCUT2D eigenvalue weighted by Gasteiger charge is -2.20. The highest BCUT2D eigenvalue weighted by molar-refractivity contribution is 5.94. The van der Waals surface area contributed by atoms with Gasteiger partial charge in [-0.05, 0) is 31.2 Å². The molecule has 1 heterocycles. The molecule has 0 atom stereocenters. The Bertz CT molecular complexity index is 887. The van der Waals surface area contributed by atoms with Gasteiger partial charge in [0.05, 0.1) is 17.4 Å². The number of aromatic amines is 1. The van der Waals surface area contributed by atoms with Crippen molar-refractivity contribution in [3.05, 3.63) is 76.3 Å². The van der Waals surface area contributed by atoms with Crippen molar-refractivity contribution in [2.45, 2.75) is 13.5 Å². The highest BCUT2D eigenvalue weighted by Crippen LogP contribution is 2.10. The molecule has 23 heavy (non-hydrogen) atoms. The van der Waals surface area contributed by atoms with Crippen molar-refractivity contribution in [1.29, 1.82) is 0 Å². The zero-order valence-corrected chi connectivity index (χ0v) is 12.8. The number of hydrogen-bond donors (Lipinski definition) is 1. The van der Waals surface area contributed by atoms with Crippen LogP contribution in [0.15, 0.2) is 59.4 Å². The molecule has 116 valence electrons. The molecule has 1 amide bonds. The zero-order valence-electron chi connectivity index (χ0n) is 12.8. The molecule has 3 aromatic rings. The molecule has 0 aliphatic heterocycles. The molecule has 0 saturated carbocycles. The third-order valence-electron chi connectivity index (χ3n) is 3.69. The second-order valence-corrected chi connectivity index (χ2v) is 5.22. The standard InChI is InChI=1S/C18H17N3O2/c1-2-21(18(23)13-8-4-3-5-9-13)12-16-19-15-11-7-6-10-14(15)17(22)20-16/h3-11H,2,12H2,1H3,(H,19,20,22). The summed E-state index contributed by atoms with van der Waals surface area (Å²) in [5, 5.41) is 0.550. The van der Waals surface area contributed by atoms with Gasteiger partial charge >= 0.3 is 0 Å². The smallest absolute Gasteiger partial charge is 0.258 e. The van der Waals surface area contributed by atoms with Crippen LogP contribution < -0.4 is 5.56 Å². The van der Waals surface area contributed by atoms with Crippen LogP contribution in [0.25, 0.3) is 10.9 Å². The Kier molecular flexibility index (Phi) is 4.19. The molecular formula is C18H17N3O2. The van der Waals surface area contributed by atoms with Gasteiger partial charge in [0.15, 0.2) is 0 Å². The summed E-state index contributed by atoms with van der Waals surface area (Å²) < 4.78 is 0. The highest BCUT2D eigenvalue weighted by Gasteiger charge is 2.15. The summed E-state index contributed by atoms with van der Waals surface area (Å²) >= 11 is 0. The molecule has 0 aliphatic rings. The number of carbonyl (C=O) groups excluding carboxylic acids is 1. The largest absolute Gasteiger partial charge is 0.331 e. The second kappa shape index (κ2) is 6.44. The van der Waals surface area contributed by atoms with Gasteiger partial charge in [-0.1, -0.05) is 30.3 Å². The van der Waals surface area contributed by atoms with Crippen LogP contribution in [0.1, 0.15) is 23.1 Å². The number of rotatable bonds is 4. The van der Waals surface area contributed by atoms with Crippen molar-refractivity contribution in [1.82, 2.24) is 14.9 Å². The first-order valence-electron chi connectivity index (χ1n) is 7.51. The van der Waals surface area contributed by atoms with Crippen molar-refractivity contribution in [3.8, 4) is 0 Å². The first kappa shape index (κ1) is 15.0. The van der Waals surface area contributed by atoms with Gasteiger partial charge in [0.25, 0.3) is 11.5 Å². The van der Waals surface area contributed by atoms with Gasteiger partial charge in [0.2, 0.25) is 0 Å². The monoisotopic (exact) mass is 307 g/mol. The van der Waals surface area contributed by atoms with E-state index in [2.05, 4.69) is 9.97 Å². The third-order valence-corrected chi connectivity index (χ3v) is 3.69. The van der Waals surface area contributed by atoms with Crippen molar-refractivity contribution in [2.75, 3.05) is 6.54 Å². The van der Waals surface area contributed by atoms with E-state index < -0.39 is 0 Å². The maximum atomic E-state index is 12.5. The van der Waals surface area contributed by atoms with Gasteiger partial charge < -0.3 is 9.88 Å². The van der Waals surface area contributed by atoms with Crippen molar-refractivity contribution in [3.63, 3.8) is 0 Å². The number of H-pyrrole nitrogens is 1. The summed E-state index contributed by atoms with van der Waals surface area (Å²) in [7, 11) is 0. The molecule has 0 radical (unpaired) electrons. The maximum Gasteiger partial charge on any atom is 0.258 e. The van der Waals surface area contributed by atoms with Crippen LogP contribution in [0.3, 0.4) is 0 Å². The number of nitrogens with zero attached hydrogens (tertiary/aromatic N) is 2. The van der Waals surface area contributed by atoms with Gasteiger partial charge in [-0.3, -0.25) is 9.59 Å². The average molecular weight is 307 g/mol. The molecule has 0 aliphatic carbocycles. The van der Waals surface area contributed by atoms with Crippen LogP contribution in [0.4, 0.5) is 0 Å². The lowest BCUT2D eigenvalue weighted by Crippen LogP contribution is -2.31. The topological polar surface area (TPSA) is 66.1 Å². The minimum atomic E-state index is -0.186. The van der Waals surface area contributed by atoms with E-state index in [9.17, 15) is 9.59 Å². The quantitative estimate of drug-likeness (QED) is 0.805. The van der Waals surface area contributed by atoms with Gasteiger partial charge in [0.1, 0.15) is 5.82 Å². The van der Waals surface area contributed by atoms with Gasteiger partial charge in [-0.15, -0.1) is 0 Å². The Labute approximate surface area is 133 Å². The minimum absolute atomic E-state index is 0.0797. The first-order chi connectivity index (χ1) is 11.2. The zero-order chi connectivity index (χ0) is 16.2. The van der Waals surface area contributed by atoms with Crippen molar-refractivity contribution >= 4 is 16.8 Å². The van der Waals surface area contributed by atoms with Crippen LogP contribution in [-0.2, 0) is 6.54 Å². The predicted octanol–water partition coefficient (Wildman–Crippen LogP) is 2.59. The fourth-order valence-electron chi connectivity index (χ4n) is 2.48. The number of para-hydroxylation sites is 1. The molecule has 0 spiro atoms. The summed E-state index contributed by atoms with van der Waals surface area (Å²) in [5.41, 5.74) is 1.07. The van der Waals surface area contributed by atoms with Crippen molar-refractivity contribution < 1.29 is 4.79 Å². The molecule has 0 unspecified atom stereocenters. The van der Waals surface area contributed by atoms with E-state index in [1.807, 2.05) is 31.2 Å². The summed E-state index contributed by atoms with van der Waals surface area (Å²) in [6.07, 6.45) is 0. The fourth-order valence-corrected chi connectivity index (χ4v) is 2.48. The fraction of sp³-hybridized carbons (Fsp3) is 0.167. The predicted molar refractivity (Wildman–Crippen MR) is 89.2 cm³/mol. The van der Waals surface area contributed by atoms with Gasteiger partial charge in [0, 0.05) is 12.1 Å². The van der Waals surface area contributed by atoms with E-state index in [0.29, 0.717) is 28.8 Å². The Morgan fingerprint density at radius 3 is 2.52 bits per heavy atom. The average Bonchev–Trinajstić information content (AvgIpc) is 2.60. The number of nitrogens with one attached hydrogen (secondary N) is 1. The number of fused-ring (bicyclic) bond motifs is 1. The van der Waals surface area contributed by atoms with Crippen LogP contribution >= 0.6 is 0 Å². The molecule has 2 aromatic carbocycles. The Morgan fingerprint density at radius 2 is 1.78 bits per heavy atom. The number of aromatic nitrogens is 2. The second-order valence-electron chi connectivity index (χ2n) is 5.22. The number of carbonyl (C=O) groups is 1. The molecule has 0 saturated heterocycles. The third kappa shape index (κ3) is 3.13. The molecular weight excluding hydrogens is 290 g/mol. The molecule has 1 aromatic heterocycles. The van der Waals surface area contributed by atoms with Gasteiger partial charge in [-0.2, -0.15) is 0 Å². The molecule has 5 nitrogen and oxygen atoms in total. The van der Waals surface area contributed by atoms with Crippen molar-refractivity contribution in [2.24, 2.45) is 0 Å². The molecule has 3 rings (SSSR count). The molecule has 0 fully saturated rings. The summed E-state index contributed by atoms with van der Waals surface area (Å²) in [4.78, 5) is 33.5. The van der Waals surface area contributed by atoms with Crippen LogP contribution in [0.5, 0.6) is 0 Å². The van der Waals surface area contributed by atoms with Crippen LogP contribution in [-0.4, -0.2) is 27.3 Å². The van der Waals surface area contributed by atoms with E-state index in [4.69, 9.17) is 0 Å². The number of amides is 1. The normalized spacial score (nSPS) is 10.7. The number of benzene rings is 2.